The summed E-state index contributed by atoms with van der Waals surface area (Å²) in [6, 6.07) is 10.3. The van der Waals surface area contributed by atoms with E-state index in [-0.39, 0.29) is 21.3 Å². The summed E-state index contributed by atoms with van der Waals surface area (Å²) < 4.78 is 42.2. The zero-order chi connectivity index (χ0) is 21.4. The number of halogens is 5. The third-order valence-corrected chi connectivity index (χ3v) is 5.01. The molecule has 2 N–H and O–H groups in total. The molecule has 3 rings (SSSR count). The van der Waals surface area contributed by atoms with Crippen molar-refractivity contribution in [2.45, 2.75) is 31.3 Å². The number of alkyl halides is 3. The monoisotopic (exact) mass is 447 g/mol. The lowest BCUT2D eigenvalue weighted by atomic mass is 9.86. The molecule has 0 aromatic heterocycles. The molecule has 2 unspecified atom stereocenters. The molecule has 0 saturated carbocycles. The summed E-state index contributed by atoms with van der Waals surface area (Å²) >= 11 is 11.8. The molecule has 2 aromatic carbocycles. The fraction of sp³-hybridized carbons (Fsp3) is 0.316. The molecule has 156 valence electrons. The fourth-order valence-corrected chi connectivity index (χ4v) is 3.44. The maximum Gasteiger partial charge on any atom is 0.435 e. The normalized spacial score (nSPS) is 20.4. The standard InChI is InChI=1S/C19H18Cl2F3N3O2/c1-11(28)27(2)25-16-5-3-4-12(6-16)17-10-18(29-26-17,19(22,23)24)13-7-14(20)9-15(21)8-13/h3-9,11,25,28H,10H2,1-2H3. The molecule has 10 heteroatoms. The minimum absolute atomic E-state index is 0.0699. The molecule has 0 aliphatic carbocycles. The van der Waals surface area contributed by atoms with Crippen molar-refractivity contribution in [3.8, 4) is 0 Å². The van der Waals surface area contributed by atoms with Crippen LogP contribution in [-0.2, 0) is 10.4 Å². The molecule has 0 radical (unpaired) electrons. The van der Waals surface area contributed by atoms with Crippen LogP contribution in [-0.4, -0.2) is 35.3 Å². The summed E-state index contributed by atoms with van der Waals surface area (Å²) in [5.74, 6) is 0. The first kappa shape index (κ1) is 21.7. The van der Waals surface area contributed by atoms with Crippen LogP contribution in [0.25, 0.3) is 0 Å². The minimum Gasteiger partial charge on any atom is -0.377 e. The Labute approximate surface area is 175 Å². The van der Waals surface area contributed by atoms with Gasteiger partial charge in [-0.2, -0.15) is 18.2 Å². The molecular weight excluding hydrogens is 430 g/mol. The summed E-state index contributed by atoms with van der Waals surface area (Å²) in [5, 5.41) is 14.9. The molecule has 0 amide bonds. The van der Waals surface area contributed by atoms with Crippen molar-refractivity contribution in [1.29, 1.82) is 0 Å². The molecule has 0 fully saturated rings. The summed E-state index contributed by atoms with van der Waals surface area (Å²) in [6.45, 7) is 1.57. The summed E-state index contributed by atoms with van der Waals surface area (Å²) in [6.07, 6.45) is -6.06. The van der Waals surface area contributed by atoms with Gasteiger partial charge in [0.25, 0.3) is 5.60 Å². The Hall–Kier alpha value is -2.00. The van der Waals surface area contributed by atoms with E-state index in [9.17, 15) is 18.3 Å². The van der Waals surface area contributed by atoms with E-state index in [2.05, 4.69) is 10.6 Å². The van der Waals surface area contributed by atoms with Gasteiger partial charge >= 0.3 is 6.18 Å². The Morgan fingerprint density at radius 3 is 2.45 bits per heavy atom. The molecule has 0 bridgehead atoms. The topological polar surface area (TPSA) is 57.1 Å². The van der Waals surface area contributed by atoms with Gasteiger partial charge in [0.05, 0.1) is 5.71 Å². The number of nitrogens with zero attached hydrogens (tertiary/aromatic N) is 2. The highest BCUT2D eigenvalue weighted by atomic mass is 35.5. The van der Waals surface area contributed by atoms with Crippen LogP contribution in [0.1, 0.15) is 24.5 Å². The maximum absolute atomic E-state index is 14.1. The number of rotatable bonds is 5. The molecule has 2 atom stereocenters. The highest BCUT2D eigenvalue weighted by Crippen LogP contribution is 2.49. The van der Waals surface area contributed by atoms with Gasteiger partial charge in [0, 0.05) is 40.3 Å². The first-order valence-electron chi connectivity index (χ1n) is 8.58. The number of anilines is 1. The molecule has 29 heavy (non-hydrogen) atoms. The van der Waals surface area contributed by atoms with E-state index in [1.54, 1.807) is 38.2 Å². The molecule has 5 nitrogen and oxygen atoms in total. The predicted molar refractivity (Wildman–Crippen MR) is 106 cm³/mol. The quantitative estimate of drug-likeness (QED) is 0.490. The van der Waals surface area contributed by atoms with E-state index >= 15 is 0 Å². The molecule has 2 aromatic rings. The first-order valence-corrected chi connectivity index (χ1v) is 9.34. The Morgan fingerprint density at radius 1 is 1.21 bits per heavy atom. The van der Waals surface area contributed by atoms with Gasteiger partial charge in [0.15, 0.2) is 0 Å². The van der Waals surface area contributed by atoms with Crippen LogP contribution in [0.2, 0.25) is 10.0 Å². The van der Waals surface area contributed by atoms with Gasteiger partial charge in [-0.25, -0.2) is 0 Å². The van der Waals surface area contributed by atoms with E-state index < -0.39 is 24.4 Å². The van der Waals surface area contributed by atoms with Crippen molar-refractivity contribution >= 4 is 34.6 Å². The van der Waals surface area contributed by atoms with E-state index in [4.69, 9.17) is 28.0 Å². The number of oxime groups is 1. The van der Waals surface area contributed by atoms with Crippen molar-refractivity contribution in [3.05, 3.63) is 63.6 Å². The average molecular weight is 448 g/mol. The fourth-order valence-electron chi connectivity index (χ4n) is 2.91. The predicted octanol–water partition coefficient (Wildman–Crippen LogP) is 5.17. The summed E-state index contributed by atoms with van der Waals surface area (Å²) in [5.41, 5.74) is 1.18. The van der Waals surface area contributed by atoms with Gasteiger partial charge < -0.3 is 15.4 Å². The highest BCUT2D eigenvalue weighted by Gasteiger charge is 2.62. The number of nitrogens with one attached hydrogen (secondary N) is 1. The lowest BCUT2D eigenvalue weighted by molar-refractivity contribution is -0.275. The van der Waals surface area contributed by atoms with Gasteiger partial charge in [0.1, 0.15) is 6.23 Å². The zero-order valence-corrected chi connectivity index (χ0v) is 17.0. The van der Waals surface area contributed by atoms with Gasteiger partial charge in [-0.1, -0.05) is 40.5 Å². The lowest BCUT2D eigenvalue weighted by Crippen LogP contribution is -2.42. The first-order chi connectivity index (χ1) is 13.5. The Bertz CT molecular complexity index is 917. The number of aliphatic hydroxyl groups excluding tert-OH is 1. The van der Waals surface area contributed by atoms with Crippen LogP contribution in [0.5, 0.6) is 0 Å². The van der Waals surface area contributed by atoms with Gasteiger partial charge in [-0.15, -0.1) is 0 Å². The zero-order valence-electron chi connectivity index (χ0n) is 15.5. The lowest BCUT2D eigenvalue weighted by Gasteiger charge is -2.29. The van der Waals surface area contributed by atoms with Gasteiger partial charge in [0.2, 0.25) is 0 Å². The number of hydrogen-bond donors (Lipinski definition) is 2. The van der Waals surface area contributed by atoms with Gasteiger partial charge in [-0.3, -0.25) is 0 Å². The summed E-state index contributed by atoms with van der Waals surface area (Å²) in [4.78, 5) is 5.00. The SMILES string of the molecule is CC(O)N(C)Nc1cccc(C2=NOC(c3cc(Cl)cc(Cl)c3)(C(F)(F)F)C2)c1. The number of benzene rings is 2. The molecule has 0 saturated heterocycles. The Kier molecular flexibility index (Phi) is 6.01. The van der Waals surface area contributed by atoms with E-state index in [1.165, 1.54) is 23.2 Å². The second kappa shape index (κ2) is 8.02. The highest BCUT2D eigenvalue weighted by molar-refractivity contribution is 6.34. The van der Waals surface area contributed by atoms with E-state index in [1.807, 2.05) is 0 Å². The van der Waals surface area contributed by atoms with Gasteiger partial charge in [-0.05, 0) is 37.3 Å². The van der Waals surface area contributed by atoms with E-state index in [0.717, 1.165) is 0 Å². The number of hydrazine groups is 1. The van der Waals surface area contributed by atoms with Crippen LogP contribution >= 0.6 is 23.2 Å². The molecule has 1 aliphatic rings. The third-order valence-electron chi connectivity index (χ3n) is 4.58. The van der Waals surface area contributed by atoms with Crippen molar-refractivity contribution in [1.82, 2.24) is 5.01 Å². The third kappa shape index (κ3) is 4.45. The van der Waals surface area contributed by atoms with Crippen molar-refractivity contribution in [2.24, 2.45) is 5.16 Å². The Balaban J connectivity index is 1.93. The smallest absolute Gasteiger partial charge is 0.377 e. The minimum atomic E-state index is -4.76. The molecule has 1 aliphatic heterocycles. The van der Waals surface area contributed by atoms with E-state index in [0.29, 0.717) is 11.3 Å². The second-order valence-corrected chi connectivity index (χ2v) is 7.60. The average Bonchev–Trinajstić information content (AvgIpc) is 3.08. The van der Waals surface area contributed by atoms with Crippen molar-refractivity contribution < 1.29 is 23.1 Å². The van der Waals surface area contributed by atoms with Crippen LogP contribution < -0.4 is 5.43 Å². The molecular formula is C19H18Cl2F3N3O2. The van der Waals surface area contributed by atoms with Crippen LogP contribution in [0.4, 0.5) is 18.9 Å². The van der Waals surface area contributed by atoms with Crippen molar-refractivity contribution in [2.75, 3.05) is 12.5 Å². The van der Waals surface area contributed by atoms with Crippen LogP contribution in [0.3, 0.4) is 0 Å². The summed E-state index contributed by atoms with van der Waals surface area (Å²) in [7, 11) is 1.63. The second-order valence-electron chi connectivity index (χ2n) is 6.72. The number of hydrogen-bond acceptors (Lipinski definition) is 5. The molecule has 0 spiro atoms. The van der Waals surface area contributed by atoms with Crippen LogP contribution in [0, 0.1) is 0 Å². The Morgan fingerprint density at radius 2 is 1.86 bits per heavy atom. The molecule has 1 heterocycles. The maximum atomic E-state index is 14.1. The largest absolute Gasteiger partial charge is 0.435 e. The van der Waals surface area contributed by atoms with Crippen LogP contribution in [0.15, 0.2) is 47.6 Å². The number of aliphatic hydroxyl groups is 1. The van der Waals surface area contributed by atoms with Crippen molar-refractivity contribution in [3.63, 3.8) is 0 Å².